The van der Waals surface area contributed by atoms with Gasteiger partial charge in [-0.05, 0) is 34.1 Å². The predicted molar refractivity (Wildman–Crippen MR) is 100 cm³/mol. The van der Waals surface area contributed by atoms with E-state index in [0.717, 1.165) is 42.0 Å². The fraction of sp³-hybridized carbons (Fsp3) is 0.235. The molecule has 1 fully saturated rings. The van der Waals surface area contributed by atoms with Gasteiger partial charge in [-0.2, -0.15) is 0 Å². The zero-order chi connectivity index (χ0) is 17.4. The van der Waals surface area contributed by atoms with Crippen LogP contribution < -0.4 is 15.5 Å². The summed E-state index contributed by atoms with van der Waals surface area (Å²) in [4.78, 5) is 24.9. The van der Waals surface area contributed by atoms with Crippen LogP contribution in [-0.2, 0) is 0 Å². The van der Waals surface area contributed by atoms with Gasteiger partial charge < -0.3 is 19.9 Å². The fourth-order valence-corrected chi connectivity index (χ4v) is 3.64. The van der Waals surface area contributed by atoms with Crippen molar-refractivity contribution in [2.45, 2.75) is 0 Å². The number of carbonyl (C=O) groups excluding carboxylic acids is 1. The van der Waals surface area contributed by atoms with Crippen molar-refractivity contribution in [2.24, 2.45) is 5.73 Å². The van der Waals surface area contributed by atoms with Crippen molar-refractivity contribution < 1.29 is 4.79 Å². The molecule has 1 amide bonds. The van der Waals surface area contributed by atoms with Crippen LogP contribution in [0.15, 0.2) is 47.5 Å². The van der Waals surface area contributed by atoms with Gasteiger partial charge in [0, 0.05) is 55.4 Å². The third-order valence-electron chi connectivity index (χ3n) is 4.40. The number of aromatic nitrogens is 3. The Balaban J connectivity index is 1.57. The number of hydrogen-bond acceptors (Lipinski definition) is 5. The average Bonchev–Trinajstić information content (AvgIpc) is 3.02. The van der Waals surface area contributed by atoms with E-state index in [1.165, 1.54) is 0 Å². The zero-order valence-electron chi connectivity index (χ0n) is 13.5. The highest BCUT2D eigenvalue weighted by Crippen LogP contribution is 2.26. The van der Waals surface area contributed by atoms with Crippen molar-refractivity contribution in [3.63, 3.8) is 0 Å². The summed E-state index contributed by atoms with van der Waals surface area (Å²) in [5.74, 6) is 1.17. The maximum atomic E-state index is 11.6. The number of halogens is 1. The van der Waals surface area contributed by atoms with Crippen LogP contribution in [0.2, 0.25) is 0 Å². The molecule has 0 aromatic carbocycles. The largest absolute Gasteiger partial charge is 0.365 e. The van der Waals surface area contributed by atoms with Crippen LogP contribution in [0.5, 0.6) is 0 Å². The molecule has 8 heteroatoms. The van der Waals surface area contributed by atoms with Gasteiger partial charge in [0.05, 0.1) is 11.1 Å². The molecular formula is C17H17BrN6O. The normalized spacial score (nSPS) is 14.9. The molecule has 25 heavy (non-hydrogen) atoms. The van der Waals surface area contributed by atoms with Crippen LogP contribution >= 0.6 is 15.9 Å². The summed E-state index contributed by atoms with van der Waals surface area (Å²) < 4.78 is 3.09. The van der Waals surface area contributed by atoms with E-state index in [-0.39, 0.29) is 0 Å². The lowest BCUT2D eigenvalue weighted by Gasteiger charge is -2.36. The second-order valence-electron chi connectivity index (χ2n) is 5.91. The first-order valence-corrected chi connectivity index (χ1v) is 8.80. The Morgan fingerprint density at radius 3 is 2.48 bits per heavy atom. The molecule has 0 radical (unpaired) electrons. The predicted octanol–water partition coefficient (Wildman–Crippen LogP) is 1.92. The highest BCUT2D eigenvalue weighted by Gasteiger charge is 2.23. The molecule has 0 unspecified atom stereocenters. The minimum atomic E-state index is -0.449. The number of anilines is 2. The molecule has 0 spiro atoms. The van der Waals surface area contributed by atoms with Gasteiger partial charge in [0.1, 0.15) is 5.82 Å². The molecule has 1 aliphatic rings. The van der Waals surface area contributed by atoms with E-state index in [2.05, 4.69) is 46.2 Å². The zero-order valence-corrected chi connectivity index (χ0v) is 15.1. The van der Waals surface area contributed by atoms with Gasteiger partial charge in [-0.1, -0.05) is 0 Å². The van der Waals surface area contributed by atoms with Gasteiger partial charge in [0.2, 0.25) is 0 Å². The first-order valence-electron chi connectivity index (χ1n) is 8.00. The molecule has 7 nitrogen and oxygen atoms in total. The topological polar surface area (TPSA) is 79.8 Å². The Hall–Kier alpha value is -2.61. The molecule has 4 rings (SSSR count). The van der Waals surface area contributed by atoms with E-state index in [1.807, 2.05) is 18.6 Å². The van der Waals surface area contributed by atoms with Crippen molar-refractivity contribution in [3.8, 4) is 0 Å². The average molecular weight is 401 g/mol. The summed E-state index contributed by atoms with van der Waals surface area (Å²) in [6.07, 6.45) is 7.45. The number of carbonyl (C=O) groups is 1. The van der Waals surface area contributed by atoms with Crippen molar-refractivity contribution >= 4 is 39.0 Å². The number of rotatable bonds is 3. The number of nitrogens with zero attached hydrogens (tertiary/aromatic N) is 5. The molecule has 1 saturated heterocycles. The van der Waals surface area contributed by atoms with Crippen molar-refractivity contribution in [1.82, 2.24) is 14.4 Å². The van der Waals surface area contributed by atoms with E-state index in [9.17, 15) is 4.79 Å². The molecule has 0 bridgehead atoms. The van der Waals surface area contributed by atoms with Crippen molar-refractivity contribution in [3.05, 3.63) is 53.0 Å². The lowest BCUT2D eigenvalue weighted by Crippen LogP contribution is -2.47. The minimum Gasteiger partial charge on any atom is -0.365 e. The Labute approximate surface area is 153 Å². The Kier molecular flexibility index (Phi) is 4.04. The summed E-state index contributed by atoms with van der Waals surface area (Å²) in [6, 6.07) is 5.52. The van der Waals surface area contributed by atoms with Crippen LogP contribution in [0.4, 0.5) is 11.6 Å². The van der Waals surface area contributed by atoms with Crippen molar-refractivity contribution in [1.29, 1.82) is 0 Å². The van der Waals surface area contributed by atoms with E-state index in [4.69, 9.17) is 5.73 Å². The Morgan fingerprint density at radius 1 is 1.08 bits per heavy atom. The number of primary amides is 1. The summed E-state index contributed by atoms with van der Waals surface area (Å²) in [6.45, 7) is 3.10. The van der Waals surface area contributed by atoms with E-state index in [0.29, 0.717) is 11.4 Å². The third kappa shape index (κ3) is 2.93. The summed E-state index contributed by atoms with van der Waals surface area (Å²) in [5, 5.41) is 0. The quantitative estimate of drug-likeness (QED) is 0.726. The lowest BCUT2D eigenvalue weighted by atomic mass is 10.2. The molecule has 3 aromatic heterocycles. The first kappa shape index (κ1) is 15.9. The second kappa shape index (κ2) is 6.36. The molecule has 1 aliphatic heterocycles. The molecular weight excluding hydrogens is 384 g/mol. The van der Waals surface area contributed by atoms with Gasteiger partial charge >= 0.3 is 0 Å². The number of nitrogens with two attached hydrogens (primary N) is 1. The lowest BCUT2D eigenvalue weighted by molar-refractivity contribution is 0.100. The smallest absolute Gasteiger partial charge is 0.252 e. The van der Waals surface area contributed by atoms with Crippen LogP contribution in [0.25, 0.3) is 5.52 Å². The van der Waals surface area contributed by atoms with Gasteiger partial charge in [-0.3, -0.25) is 4.79 Å². The van der Waals surface area contributed by atoms with Gasteiger partial charge in [-0.25, -0.2) is 9.97 Å². The number of amides is 1. The molecule has 128 valence electrons. The van der Waals surface area contributed by atoms with E-state index >= 15 is 0 Å². The van der Waals surface area contributed by atoms with E-state index < -0.39 is 5.91 Å². The monoisotopic (exact) mass is 400 g/mol. The van der Waals surface area contributed by atoms with Gasteiger partial charge in [0.15, 0.2) is 5.82 Å². The maximum Gasteiger partial charge on any atom is 0.252 e. The molecule has 2 N–H and O–H groups in total. The highest BCUT2D eigenvalue weighted by atomic mass is 79.9. The summed E-state index contributed by atoms with van der Waals surface area (Å²) >= 11 is 3.52. The fourth-order valence-electron chi connectivity index (χ4n) is 3.21. The Morgan fingerprint density at radius 2 is 1.76 bits per heavy atom. The molecule has 3 aromatic rings. The summed E-state index contributed by atoms with van der Waals surface area (Å²) in [7, 11) is 0. The standard InChI is InChI=1S/C17H17BrN6O/c18-12-10-14-17(21-4-5-24(14)11-12)23-8-6-22(7-9-23)16-13(15(19)25)2-1-3-20-16/h1-5,10-11H,6-9H2,(H2,19,25). The van der Waals surface area contributed by atoms with Gasteiger partial charge in [-0.15, -0.1) is 0 Å². The summed E-state index contributed by atoms with van der Waals surface area (Å²) in [5.41, 5.74) is 7.00. The molecule has 0 saturated carbocycles. The molecule has 0 atom stereocenters. The van der Waals surface area contributed by atoms with Crippen LogP contribution in [-0.4, -0.2) is 46.5 Å². The number of pyridine rings is 1. The third-order valence-corrected chi connectivity index (χ3v) is 4.83. The SMILES string of the molecule is NC(=O)c1cccnc1N1CCN(c2nccn3cc(Br)cc23)CC1. The first-order chi connectivity index (χ1) is 12.1. The maximum absolute atomic E-state index is 11.6. The van der Waals surface area contributed by atoms with Gasteiger partial charge in [0.25, 0.3) is 5.91 Å². The number of fused-ring (bicyclic) bond motifs is 1. The van der Waals surface area contributed by atoms with Crippen LogP contribution in [0, 0.1) is 0 Å². The van der Waals surface area contributed by atoms with Crippen LogP contribution in [0.3, 0.4) is 0 Å². The van der Waals surface area contributed by atoms with Crippen LogP contribution in [0.1, 0.15) is 10.4 Å². The van der Waals surface area contributed by atoms with Crippen molar-refractivity contribution in [2.75, 3.05) is 36.0 Å². The number of hydrogen-bond donors (Lipinski definition) is 1. The Bertz CT molecular complexity index is 932. The molecule has 4 heterocycles. The number of piperazine rings is 1. The van der Waals surface area contributed by atoms with E-state index in [1.54, 1.807) is 18.3 Å². The highest BCUT2D eigenvalue weighted by molar-refractivity contribution is 9.10. The second-order valence-corrected chi connectivity index (χ2v) is 6.83. The minimum absolute atomic E-state index is 0.449. The molecule has 0 aliphatic carbocycles.